The van der Waals surface area contributed by atoms with Crippen molar-refractivity contribution in [1.82, 2.24) is 10.2 Å². The molecule has 2 rings (SSSR count). The van der Waals surface area contributed by atoms with Gasteiger partial charge in [-0.15, -0.1) is 0 Å². The van der Waals surface area contributed by atoms with Crippen LogP contribution in [-0.4, -0.2) is 49.3 Å². The van der Waals surface area contributed by atoms with E-state index in [1.165, 1.54) is 19.4 Å². The molecular formula is C11H22N2O. The number of hydrogen-bond donors (Lipinski definition) is 1. The minimum Gasteiger partial charge on any atom is -0.380 e. The third kappa shape index (κ3) is 2.10. The first-order chi connectivity index (χ1) is 6.70. The van der Waals surface area contributed by atoms with Crippen LogP contribution in [0.5, 0.6) is 0 Å². The predicted octanol–water partition coefficient (Wildman–Crippen LogP) is 0.849. The molecule has 82 valence electrons. The van der Waals surface area contributed by atoms with Gasteiger partial charge in [-0.3, -0.25) is 4.90 Å². The predicted molar refractivity (Wildman–Crippen MR) is 57.5 cm³/mol. The summed E-state index contributed by atoms with van der Waals surface area (Å²) in [6, 6.07) is 0.654. The fraction of sp³-hybridized carbons (Fsp3) is 1.00. The van der Waals surface area contributed by atoms with Gasteiger partial charge in [0.15, 0.2) is 0 Å². The van der Waals surface area contributed by atoms with E-state index in [1.807, 2.05) is 0 Å². The number of hydrogen-bond acceptors (Lipinski definition) is 3. The van der Waals surface area contributed by atoms with Crippen molar-refractivity contribution < 1.29 is 4.74 Å². The highest BCUT2D eigenvalue weighted by molar-refractivity contribution is 4.92. The summed E-state index contributed by atoms with van der Waals surface area (Å²) in [5.74, 6) is 0. The lowest BCUT2D eigenvalue weighted by Crippen LogP contribution is -2.62. The van der Waals surface area contributed by atoms with Gasteiger partial charge in [0.25, 0.3) is 0 Å². The van der Waals surface area contributed by atoms with Crippen molar-refractivity contribution in [2.24, 2.45) is 0 Å². The largest absolute Gasteiger partial charge is 0.380 e. The average molecular weight is 198 g/mol. The second-order valence-corrected chi connectivity index (χ2v) is 5.05. The Morgan fingerprint density at radius 2 is 2.29 bits per heavy atom. The zero-order chi connectivity index (χ0) is 10.0. The van der Waals surface area contributed by atoms with Crippen molar-refractivity contribution in [3.8, 4) is 0 Å². The third-order valence-corrected chi connectivity index (χ3v) is 3.44. The number of rotatable bonds is 1. The van der Waals surface area contributed by atoms with E-state index in [0.717, 1.165) is 26.3 Å². The highest BCUT2D eigenvalue weighted by Crippen LogP contribution is 2.23. The molecule has 0 saturated carbocycles. The Hall–Kier alpha value is -0.120. The summed E-state index contributed by atoms with van der Waals surface area (Å²) in [5, 5.41) is 3.46. The third-order valence-electron chi connectivity index (χ3n) is 3.44. The fourth-order valence-electron chi connectivity index (χ4n) is 2.64. The Kier molecular flexibility index (Phi) is 3.10. The molecular weight excluding hydrogens is 176 g/mol. The highest BCUT2D eigenvalue weighted by atomic mass is 16.5. The SMILES string of the molecule is CC1(C)CNCCN1C1CCCOC1. The molecule has 3 heteroatoms. The molecule has 0 bridgehead atoms. The second kappa shape index (κ2) is 4.17. The molecule has 2 fully saturated rings. The number of piperazine rings is 1. The molecule has 2 aliphatic heterocycles. The number of nitrogens with zero attached hydrogens (tertiary/aromatic N) is 1. The molecule has 1 unspecified atom stereocenters. The van der Waals surface area contributed by atoms with E-state index in [1.54, 1.807) is 0 Å². The Labute approximate surface area is 86.8 Å². The van der Waals surface area contributed by atoms with Crippen LogP contribution in [0, 0.1) is 0 Å². The van der Waals surface area contributed by atoms with Crippen LogP contribution in [0.25, 0.3) is 0 Å². The summed E-state index contributed by atoms with van der Waals surface area (Å²) >= 11 is 0. The first kappa shape index (κ1) is 10.4. The summed E-state index contributed by atoms with van der Waals surface area (Å²) in [4.78, 5) is 2.63. The zero-order valence-electron chi connectivity index (χ0n) is 9.38. The molecule has 2 heterocycles. The van der Waals surface area contributed by atoms with Gasteiger partial charge in [-0.1, -0.05) is 0 Å². The standard InChI is InChI=1S/C11H22N2O/c1-11(2)9-12-5-6-13(11)10-4-3-7-14-8-10/h10,12H,3-9H2,1-2H3. The number of nitrogens with one attached hydrogen (secondary N) is 1. The molecule has 14 heavy (non-hydrogen) atoms. The zero-order valence-corrected chi connectivity index (χ0v) is 9.38. The van der Waals surface area contributed by atoms with Crippen LogP contribution in [0.2, 0.25) is 0 Å². The first-order valence-electron chi connectivity index (χ1n) is 5.75. The van der Waals surface area contributed by atoms with Crippen molar-refractivity contribution in [2.75, 3.05) is 32.8 Å². The Bertz CT molecular complexity index is 188. The van der Waals surface area contributed by atoms with Crippen LogP contribution >= 0.6 is 0 Å². The lowest BCUT2D eigenvalue weighted by Gasteiger charge is -2.48. The molecule has 0 aliphatic carbocycles. The molecule has 0 spiro atoms. The maximum Gasteiger partial charge on any atom is 0.0622 e. The van der Waals surface area contributed by atoms with Gasteiger partial charge in [-0.25, -0.2) is 0 Å². The second-order valence-electron chi connectivity index (χ2n) is 5.05. The normalized spacial score (nSPS) is 34.3. The van der Waals surface area contributed by atoms with Crippen molar-refractivity contribution in [3.63, 3.8) is 0 Å². The summed E-state index contributed by atoms with van der Waals surface area (Å²) in [6.45, 7) is 9.94. The topological polar surface area (TPSA) is 24.5 Å². The van der Waals surface area contributed by atoms with Crippen LogP contribution < -0.4 is 5.32 Å². The van der Waals surface area contributed by atoms with Gasteiger partial charge in [0.2, 0.25) is 0 Å². The molecule has 2 saturated heterocycles. The monoisotopic (exact) mass is 198 g/mol. The quantitative estimate of drug-likeness (QED) is 0.676. The molecule has 0 amide bonds. The van der Waals surface area contributed by atoms with E-state index < -0.39 is 0 Å². The van der Waals surface area contributed by atoms with Crippen molar-refractivity contribution in [2.45, 2.75) is 38.3 Å². The van der Waals surface area contributed by atoms with E-state index in [4.69, 9.17) is 4.74 Å². The molecule has 1 N–H and O–H groups in total. The van der Waals surface area contributed by atoms with E-state index in [2.05, 4.69) is 24.1 Å². The van der Waals surface area contributed by atoms with Gasteiger partial charge in [0, 0.05) is 37.8 Å². The maximum absolute atomic E-state index is 5.57. The van der Waals surface area contributed by atoms with Crippen LogP contribution in [0.4, 0.5) is 0 Å². The smallest absolute Gasteiger partial charge is 0.0622 e. The first-order valence-corrected chi connectivity index (χ1v) is 5.75. The van der Waals surface area contributed by atoms with Crippen LogP contribution in [0.3, 0.4) is 0 Å². The van der Waals surface area contributed by atoms with Gasteiger partial charge < -0.3 is 10.1 Å². The summed E-state index contributed by atoms with van der Waals surface area (Å²) in [6.07, 6.45) is 2.54. The van der Waals surface area contributed by atoms with Gasteiger partial charge in [-0.05, 0) is 26.7 Å². The Morgan fingerprint density at radius 3 is 2.93 bits per heavy atom. The Morgan fingerprint density at radius 1 is 1.43 bits per heavy atom. The molecule has 3 nitrogen and oxygen atoms in total. The molecule has 0 radical (unpaired) electrons. The minimum atomic E-state index is 0.295. The minimum absolute atomic E-state index is 0.295. The van der Waals surface area contributed by atoms with Crippen molar-refractivity contribution in [3.05, 3.63) is 0 Å². The van der Waals surface area contributed by atoms with E-state index >= 15 is 0 Å². The fourth-order valence-corrected chi connectivity index (χ4v) is 2.64. The van der Waals surface area contributed by atoms with Gasteiger partial charge >= 0.3 is 0 Å². The summed E-state index contributed by atoms with van der Waals surface area (Å²) in [7, 11) is 0. The Balaban J connectivity index is 1.99. The molecule has 2 aliphatic rings. The van der Waals surface area contributed by atoms with E-state index in [0.29, 0.717) is 11.6 Å². The molecule has 0 aromatic rings. The van der Waals surface area contributed by atoms with Gasteiger partial charge in [0.05, 0.1) is 6.61 Å². The summed E-state index contributed by atoms with van der Waals surface area (Å²) < 4.78 is 5.57. The van der Waals surface area contributed by atoms with Crippen LogP contribution in [0.15, 0.2) is 0 Å². The molecule has 1 atom stereocenters. The lowest BCUT2D eigenvalue weighted by atomic mass is 9.95. The lowest BCUT2D eigenvalue weighted by molar-refractivity contribution is -0.0334. The van der Waals surface area contributed by atoms with E-state index in [-0.39, 0.29) is 0 Å². The van der Waals surface area contributed by atoms with Crippen LogP contribution in [0.1, 0.15) is 26.7 Å². The highest BCUT2D eigenvalue weighted by Gasteiger charge is 2.35. The molecule has 0 aromatic heterocycles. The number of ether oxygens (including phenoxy) is 1. The van der Waals surface area contributed by atoms with Crippen molar-refractivity contribution in [1.29, 1.82) is 0 Å². The molecule has 0 aromatic carbocycles. The maximum atomic E-state index is 5.57. The van der Waals surface area contributed by atoms with Gasteiger partial charge in [-0.2, -0.15) is 0 Å². The van der Waals surface area contributed by atoms with Crippen LogP contribution in [-0.2, 0) is 4.74 Å². The summed E-state index contributed by atoms with van der Waals surface area (Å²) in [5.41, 5.74) is 0.295. The van der Waals surface area contributed by atoms with E-state index in [9.17, 15) is 0 Å². The van der Waals surface area contributed by atoms with Gasteiger partial charge in [0.1, 0.15) is 0 Å². The van der Waals surface area contributed by atoms with Crippen molar-refractivity contribution >= 4 is 0 Å². The average Bonchev–Trinajstić information content (AvgIpc) is 2.18.